The maximum atomic E-state index is 12.3. The highest BCUT2D eigenvalue weighted by Gasteiger charge is 2.27. The second-order valence-corrected chi connectivity index (χ2v) is 8.11. The van der Waals surface area contributed by atoms with E-state index >= 15 is 0 Å². The molecule has 0 radical (unpaired) electrons. The fraction of sp³-hybridized carbons (Fsp3) is 0.476. The van der Waals surface area contributed by atoms with Crippen LogP contribution in [0.5, 0.6) is 0 Å². The van der Waals surface area contributed by atoms with Gasteiger partial charge in [-0.15, -0.1) is 0 Å². The van der Waals surface area contributed by atoms with E-state index in [1.807, 2.05) is 13.8 Å². The number of nitrogens with one attached hydrogen (secondary N) is 1. The van der Waals surface area contributed by atoms with Crippen LogP contribution in [0.25, 0.3) is 0 Å². The predicted octanol–water partition coefficient (Wildman–Crippen LogP) is 2.79. The Labute approximate surface area is 180 Å². The molecule has 1 atom stereocenters. The molecule has 1 fully saturated rings. The van der Waals surface area contributed by atoms with E-state index in [0.717, 1.165) is 49.7 Å². The summed E-state index contributed by atoms with van der Waals surface area (Å²) < 4.78 is 5.23. The Kier molecular flexibility index (Phi) is 7.47. The lowest BCUT2D eigenvalue weighted by atomic mass is 10.0. The number of aryl methyl sites for hydroxylation is 2. The Hall–Kier alpha value is -2.42. The smallest absolute Gasteiger partial charge is 0.308 e. The molecule has 1 aliphatic rings. The maximum absolute atomic E-state index is 12.3. The molecule has 30 heavy (non-hydrogen) atoms. The van der Waals surface area contributed by atoms with Gasteiger partial charge in [0.05, 0.1) is 11.6 Å². The van der Waals surface area contributed by atoms with Crippen molar-refractivity contribution in [2.24, 2.45) is 5.92 Å². The Balaban J connectivity index is 1.48. The van der Waals surface area contributed by atoms with Gasteiger partial charge in [-0.1, -0.05) is 16.8 Å². The number of benzene rings is 1. The number of rotatable bonds is 8. The van der Waals surface area contributed by atoms with Crippen LogP contribution in [-0.2, 0) is 16.1 Å². The van der Waals surface area contributed by atoms with Gasteiger partial charge in [-0.3, -0.25) is 19.4 Å². The van der Waals surface area contributed by atoms with Gasteiger partial charge >= 0.3 is 5.97 Å². The zero-order chi connectivity index (χ0) is 21.7. The van der Waals surface area contributed by atoms with E-state index in [1.165, 1.54) is 0 Å². The van der Waals surface area contributed by atoms with E-state index in [4.69, 9.17) is 16.1 Å². The summed E-state index contributed by atoms with van der Waals surface area (Å²) >= 11 is 5.84. The average molecular weight is 435 g/mol. The fourth-order valence-electron chi connectivity index (χ4n) is 3.59. The van der Waals surface area contributed by atoms with Crippen molar-refractivity contribution in [1.29, 1.82) is 0 Å². The Morgan fingerprint density at radius 1 is 1.17 bits per heavy atom. The van der Waals surface area contributed by atoms with Crippen molar-refractivity contribution in [1.82, 2.24) is 15.0 Å². The highest BCUT2D eigenvalue weighted by molar-refractivity contribution is 6.30. The summed E-state index contributed by atoms with van der Waals surface area (Å²) in [6.45, 7) is 8.15. The van der Waals surface area contributed by atoms with Crippen molar-refractivity contribution in [3.63, 3.8) is 0 Å². The van der Waals surface area contributed by atoms with E-state index in [0.29, 0.717) is 17.3 Å². The lowest BCUT2D eigenvalue weighted by Crippen LogP contribution is -2.48. The number of carbonyl (C=O) groups excluding carboxylic acids is 1. The summed E-state index contributed by atoms with van der Waals surface area (Å²) in [5.74, 6) is -1.19. The minimum Gasteiger partial charge on any atom is -0.481 e. The SMILES string of the molecule is Cc1noc(C)c1CN1CCN(CC(CC(=O)Nc2ccc(Cl)cc2)C(=O)O)CC1. The number of amides is 1. The highest BCUT2D eigenvalue weighted by atomic mass is 35.5. The van der Waals surface area contributed by atoms with E-state index in [1.54, 1.807) is 24.3 Å². The zero-order valence-electron chi connectivity index (χ0n) is 17.2. The molecule has 1 aliphatic heterocycles. The van der Waals surface area contributed by atoms with Crippen LogP contribution in [0.1, 0.15) is 23.4 Å². The van der Waals surface area contributed by atoms with Gasteiger partial charge in [0.15, 0.2) is 0 Å². The van der Waals surface area contributed by atoms with Gasteiger partial charge in [-0.05, 0) is 38.1 Å². The van der Waals surface area contributed by atoms with Crippen LogP contribution in [0.4, 0.5) is 5.69 Å². The summed E-state index contributed by atoms with van der Waals surface area (Å²) in [6, 6.07) is 6.73. The van der Waals surface area contributed by atoms with Crippen LogP contribution < -0.4 is 5.32 Å². The molecule has 0 spiro atoms. The van der Waals surface area contributed by atoms with Gasteiger partial charge in [0.2, 0.25) is 5.91 Å². The van der Waals surface area contributed by atoms with E-state index < -0.39 is 11.9 Å². The first-order valence-electron chi connectivity index (χ1n) is 9.96. The van der Waals surface area contributed by atoms with Crippen LogP contribution >= 0.6 is 11.6 Å². The van der Waals surface area contributed by atoms with Gasteiger partial charge in [0.1, 0.15) is 5.76 Å². The maximum Gasteiger partial charge on any atom is 0.308 e. The number of hydrogen-bond acceptors (Lipinski definition) is 6. The molecular weight excluding hydrogens is 408 g/mol. The van der Waals surface area contributed by atoms with Crippen molar-refractivity contribution in [3.05, 3.63) is 46.3 Å². The number of hydrogen-bond donors (Lipinski definition) is 2. The van der Waals surface area contributed by atoms with Gasteiger partial charge in [0.25, 0.3) is 0 Å². The Morgan fingerprint density at radius 3 is 2.37 bits per heavy atom. The number of halogens is 1. The molecule has 1 aromatic heterocycles. The van der Waals surface area contributed by atoms with Gasteiger partial charge < -0.3 is 14.9 Å². The number of carbonyl (C=O) groups is 2. The highest BCUT2D eigenvalue weighted by Crippen LogP contribution is 2.18. The molecule has 2 N–H and O–H groups in total. The molecule has 3 rings (SSSR count). The average Bonchev–Trinajstić information content (AvgIpc) is 3.02. The normalized spacial score (nSPS) is 16.4. The van der Waals surface area contributed by atoms with Crippen molar-refractivity contribution >= 4 is 29.2 Å². The predicted molar refractivity (Wildman–Crippen MR) is 114 cm³/mol. The molecular formula is C21H27ClN4O4. The summed E-state index contributed by atoms with van der Waals surface area (Å²) in [5, 5.41) is 16.9. The molecule has 9 heteroatoms. The second-order valence-electron chi connectivity index (χ2n) is 7.67. The minimum absolute atomic E-state index is 0.0722. The Morgan fingerprint density at radius 2 is 1.80 bits per heavy atom. The van der Waals surface area contributed by atoms with Crippen molar-refractivity contribution in [3.8, 4) is 0 Å². The standard InChI is InChI=1S/C21H27ClN4O4/c1-14-19(15(2)30-24-14)13-26-9-7-25(8-10-26)12-16(21(28)29)11-20(27)23-18-5-3-17(22)4-6-18/h3-6,16H,7-13H2,1-2H3,(H,23,27)(H,28,29). The second kappa shape index (κ2) is 10.1. The monoisotopic (exact) mass is 434 g/mol. The molecule has 8 nitrogen and oxygen atoms in total. The number of carboxylic acid groups (broad SMARTS) is 1. The van der Waals surface area contributed by atoms with E-state index in [-0.39, 0.29) is 12.3 Å². The van der Waals surface area contributed by atoms with Crippen LogP contribution in [0.2, 0.25) is 5.02 Å². The molecule has 162 valence electrons. The van der Waals surface area contributed by atoms with E-state index in [2.05, 4.69) is 20.3 Å². The quantitative estimate of drug-likeness (QED) is 0.659. The van der Waals surface area contributed by atoms with Crippen LogP contribution in [0, 0.1) is 19.8 Å². The first-order valence-corrected chi connectivity index (χ1v) is 10.3. The van der Waals surface area contributed by atoms with E-state index in [9.17, 15) is 14.7 Å². The first-order chi connectivity index (χ1) is 14.3. The van der Waals surface area contributed by atoms with Gasteiger partial charge in [-0.2, -0.15) is 0 Å². The van der Waals surface area contributed by atoms with Crippen molar-refractivity contribution < 1.29 is 19.2 Å². The van der Waals surface area contributed by atoms with Gasteiger partial charge in [-0.25, -0.2) is 0 Å². The van der Waals surface area contributed by atoms with Gasteiger partial charge in [0, 0.05) is 62.0 Å². The summed E-state index contributed by atoms with van der Waals surface area (Å²) in [5.41, 5.74) is 2.62. The Bertz CT molecular complexity index is 856. The number of piperazine rings is 1. The number of aromatic nitrogens is 1. The minimum atomic E-state index is -0.959. The lowest BCUT2D eigenvalue weighted by Gasteiger charge is -2.35. The first kappa shape index (κ1) is 22.3. The molecule has 1 amide bonds. The van der Waals surface area contributed by atoms with Crippen LogP contribution in [0.15, 0.2) is 28.8 Å². The number of aliphatic carboxylic acids is 1. The molecule has 1 unspecified atom stereocenters. The molecule has 0 saturated carbocycles. The van der Waals surface area contributed by atoms with Crippen LogP contribution in [0.3, 0.4) is 0 Å². The van der Waals surface area contributed by atoms with Crippen molar-refractivity contribution in [2.75, 3.05) is 38.0 Å². The number of carboxylic acids is 1. The molecule has 2 heterocycles. The lowest BCUT2D eigenvalue weighted by molar-refractivity contribution is -0.144. The molecule has 1 saturated heterocycles. The number of nitrogens with zero attached hydrogens (tertiary/aromatic N) is 3. The summed E-state index contributed by atoms with van der Waals surface area (Å²) in [4.78, 5) is 28.4. The third-order valence-corrected chi connectivity index (χ3v) is 5.67. The third-order valence-electron chi connectivity index (χ3n) is 5.42. The molecule has 0 aliphatic carbocycles. The number of anilines is 1. The topological polar surface area (TPSA) is 98.9 Å². The molecule has 0 bridgehead atoms. The summed E-state index contributed by atoms with van der Waals surface area (Å²) in [6.07, 6.45) is -0.0722. The molecule has 1 aromatic carbocycles. The summed E-state index contributed by atoms with van der Waals surface area (Å²) in [7, 11) is 0. The zero-order valence-corrected chi connectivity index (χ0v) is 18.0. The largest absolute Gasteiger partial charge is 0.481 e. The fourth-order valence-corrected chi connectivity index (χ4v) is 3.72. The third kappa shape index (κ3) is 6.04. The van der Waals surface area contributed by atoms with Crippen LogP contribution in [-0.4, -0.2) is 64.7 Å². The van der Waals surface area contributed by atoms with Crippen molar-refractivity contribution in [2.45, 2.75) is 26.8 Å². The molecule has 2 aromatic rings.